The molecule has 1 saturated carbocycles. The third-order valence-electron chi connectivity index (χ3n) is 6.74. The molecule has 0 aromatic heterocycles. The van der Waals surface area contributed by atoms with Crippen LogP contribution >= 0.6 is 0 Å². The molecule has 4 heteroatoms. The van der Waals surface area contributed by atoms with Crippen LogP contribution in [0.5, 0.6) is 5.75 Å². The van der Waals surface area contributed by atoms with Crippen LogP contribution < -0.4 is 4.74 Å². The van der Waals surface area contributed by atoms with E-state index in [0.717, 1.165) is 31.2 Å². The van der Waals surface area contributed by atoms with Gasteiger partial charge in [-0.3, -0.25) is 0 Å². The van der Waals surface area contributed by atoms with Crippen LogP contribution in [0.25, 0.3) is 23.3 Å². The standard InChI is InChI=1S/C31H31F3O/c1-3-5-21-6-11-23(12-7-21)27-18-19-28(31(34)30(27)33)24-13-8-22(9-14-24)10-15-25-16-17-26(35-4-2)20-29(25)32/h3,5-7,10-12,15-20,22,24H,4,8-9,13-14H2,1-2H3/b5-3+,15-10+. The van der Waals surface area contributed by atoms with Crippen LogP contribution in [0.15, 0.2) is 66.7 Å². The molecule has 0 heterocycles. The Hall–Kier alpha value is -3.27. The normalized spacial score (nSPS) is 18.4. The minimum absolute atomic E-state index is 0.0116. The Kier molecular flexibility index (Phi) is 8.12. The molecule has 1 fully saturated rings. The largest absolute Gasteiger partial charge is 0.494 e. The van der Waals surface area contributed by atoms with E-state index in [2.05, 4.69) is 0 Å². The summed E-state index contributed by atoms with van der Waals surface area (Å²) in [6.45, 7) is 4.29. The van der Waals surface area contributed by atoms with Crippen molar-refractivity contribution in [2.75, 3.05) is 6.61 Å². The zero-order valence-corrected chi connectivity index (χ0v) is 20.2. The van der Waals surface area contributed by atoms with Crippen molar-refractivity contribution >= 4 is 12.2 Å². The van der Waals surface area contributed by atoms with Gasteiger partial charge in [0.05, 0.1) is 6.61 Å². The average molecular weight is 477 g/mol. The first kappa shape index (κ1) is 24.8. The lowest BCUT2D eigenvalue weighted by Crippen LogP contribution is -2.13. The van der Waals surface area contributed by atoms with Gasteiger partial charge in [-0.15, -0.1) is 0 Å². The number of hydrogen-bond donors (Lipinski definition) is 0. The van der Waals surface area contributed by atoms with Gasteiger partial charge in [-0.05, 0) is 80.2 Å². The lowest BCUT2D eigenvalue weighted by molar-refractivity contribution is 0.338. The quantitative estimate of drug-likeness (QED) is 0.330. The minimum atomic E-state index is -0.783. The Morgan fingerprint density at radius 1 is 0.857 bits per heavy atom. The third-order valence-corrected chi connectivity index (χ3v) is 6.74. The summed E-state index contributed by atoms with van der Waals surface area (Å²) in [5.74, 6) is -1.03. The first-order valence-corrected chi connectivity index (χ1v) is 12.3. The van der Waals surface area contributed by atoms with E-state index < -0.39 is 11.6 Å². The first-order chi connectivity index (χ1) is 17.0. The van der Waals surface area contributed by atoms with Gasteiger partial charge in [0.25, 0.3) is 0 Å². The molecule has 0 unspecified atom stereocenters. The van der Waals surface area contributed by atoms with Crippen molar-refractivity contribution in [1.82, 2.24) is 0 Å². The molecule has 1 nitrogen and oxygen atoms in total. The summed E-state index contributed by atoms with van der Waals surface area (Å²) in [5, 5.41) is 0. The van der Waals surface area contributed by atoms with Crippen LogP contribution in [0, 0.1) is 23.4 Å². The van der Waals surface area contributed by atoms with Crippen molar-refractivity contribution in [1.29, 1.82) is 0 Å². The number of benzene rings is 3. The molecule has 0 saturated heterocycles. The van der Waals surface area contributed by atoms with Crippen LogP contribution in [0.2, 0.25) is 0 Å². The smallest absolute Gasteiger partial charge is 0.166 e. The van der Waals surface area contributed by atoms with Gasteiger partial charge in [-0.2, -0.15) is 0 Å². The fourth-order valence-corrected chi connectivity index (χ4v) is 4.83. The van der Waals surface area contributed by atoms with Crippen molar-refractivity contribution in [3.05, 3.63) is 101 Å². The Balaban J connectivity index is 1.41. The van der Waals surface area contributed by atoms with E-state index in [1.807, 2.05) is 62.4 Å². The SMILES string of the molecule is C/C=C/c1ccc(-c2ccc(C3CCC(/C=C/c4ccc(OCC)cc4F)CC3)c(F)c2F)cc1. The molecule has 0 atom stereocenters. The number of rotatable bonds is 7. The number of allylic oxidation sites excluding steroid dienone is 2. The van der Waals surface area contributed by atoms with Gasteiger partial charge in [0.15, 0.2) is 11.6 Å². The maximum Gasteiger partial charge on any atom is 0.166 e. The fourth-order valence-electron chi connectivity index (χ4n) is 4.83. The maximum atomic E-state index is 15.1. The zero-order chi connectivity index (χ0) is 24.8. The predicted molar refractivity (Wildman–Crippen MR) is 138 cm³/mol. The predicted octanol–water partition coefficient (Wildman–Crippen LogP) is 9.19. The second kappa shape index (κ2) is 11.4. The van der Waals surface area contributed by atoms with Gasteiger partial charge >= 0.3 is 0 Å². The van der Waals surface area contributed by atoms with Gasteiger partial charge in [0.1, 0.15) is 11.6 Å². The maximum absolute atomic E-state index is 15.1. The van der Waals surface area contributed by atoms with Crippen molar-refractivity contribution in [3.63, 3.8) is 0 Å². The van der Waals surface area contributed by atoms with Crippen LogP contribution in [0.1, 0.15) is 62.1 Å². The highest BCUT2D eigenvalue weighted by molar-refractivity contribution is 5.67. The molecule has 35 heavy (non-hydrogen) atoms. The van der Waals surface area contributed by atoms with Gasteiger partial charge in [0, 0.05) is 17.2 Å². The summed E-state index contributed by atoms with van der Waals surface area (Å²) in [4.78, 5) is 0. The molecule has 1 aliphatic carbocycles. The number of halogens is 3. The fraction of sp³-hybridized carbons (Fsp3) is 0.290. The van der Waals surface area contributed by atoms with Crippen molar-refractivity contribution in [3.8, 4) is 16.9 Å². The summed E-state index contributed by atoms with van der Waals surface area (Å²) in [6, 6.07) is 15.7. The summed E-state index contributed by atoms with van der Waals surface area (Å²) in [7, 11) is 0. The molecule has 0 radical (unpaired) electrons. The molecule has 0 aliphatic heterocycles. The van der Waals surface area contributed by atoms with E-state index in [4.69, 9.17) is 4.74 Å². The Bertz CT molecular complexity index is 1200. The summed E-state index contributed by atoms with van der Waals surface area (Å²) in [6.07, 6.45) is 11.0. The van der Waals surface area contributed by atoms with Gasteiger partial charge < -0.3 is 4.74 Å². The van der Waals surface area contributed by atoms with E-state index in [9.17, 15) is 4.39 Å². The van der Waals surface area contributed by atoms with Gasteiger partial charge in [-0.25, -0.2) is 13.2 Å². The highest BCUT2D eigenvalue weighted by atomic mass is 19.2. The van der Waals surface area contributed by atoms with E-state index in [1.165, 1.54) is 6.07 Å². The summed E-state index contributed by atoms with van der Waals surface area (Å²) < 4.78 is 49.7. The summed E-state index contributed by atoms with van der Waals surface area (Å²) >= 11 is 0. The molecule has 0 amide bonds. The highest BCUT2D eigenvalue weighted by Gasteiger charge is 2.25. The molecule has 0 bridgehead atoms. The van der Waals surface area contributed by atoms with E-state index in [0.29, 0.717) is 35.0 Å². The molecule has 3 aromatic carbocycles. The Labute approximate surface area is 206 Å². The number of hydrogen-bond acceptors (Lipinski definition) is 1. The first-order valence-electron chi connectivity index (χ1n) is 12.3. The molecule has 3 aromatic rings. The van der Waals surface area contributed by atoms with E-state index in [1.54, 1.807) is 24.3 Å². The second-order valence-electron chi connectivity index (χ2n) is 9.04. The second-order valence-corrected chi connectivity index (χ2v) is 9.04. The van der Waals surface area contributed by atoms with Crippen LogP contribution in [-0.4, -0.2) is 6.61 Å². The Morgan fingerprint density at radius 3 is 2.26 bits per heavy atom. The zero-order valence-electron chi connectivity index (χ0n) is 20.2. The van der Waals surface area contributed by atoms with Crippen molar-refractivity contribution < 1.29 is 17.9 Å². The molecular weight excluding hydrogens is 445 g/mol. The summed E-state index contributed by atoms with van der Waals surface area (Å²) in [5.41, 5.74) is 2.95. The van der Waals surface area contributed by atoms with E-state index >= 15 is 8.78 Å². The van der Waals surface area contributed by atoms with E-state index in [-0.39, 0.29) is 17.3 Å². The van der Waals surface area contributed by atoms with Crippen LogP contribution in [0.3, 0.4) is 0 Å². The minimum Gasteiger partial charge on any atom is -0.494 e. The lowest BCUT2D eigenvalue weighted by Gasteiger charge is -2.27. The van der Waals surface area contributed by atoms with Crippen LogP contribution in [-0.2, 0) is 0 Å². The average Bonchev–Trinajstić information content (AvgIpc) is 2.87. The van der Waals surface area contributed by atoms with Crippen LogP contribution in [0.4, 0.5) is 13.2 Å². The molecule has 4 rings (SSSR count). The third kappa shape index (κ3) is 5.87. The molecule has 182 valence electrons. The topological polar surface area (TPSA) is 9.23 Å². The molecule has 1 aliphatic rings. The number of ether oxygens (including phenoxy) is 1. The van der Waals surface area contributed by atoms with Gasteiger partial charge in [0.2, 0.25) is 0 Å². The van der Waals surface area contributed by atoms with Crippen molar-refractivity contribution in [2.24, 2.45) is 5.92 Å². The molecular formula is C31H31F3O. The lowest BCUT2D eigenvalue weighted by atomic mass is 9.78. The van der Waals surface area contributed by atoms with Crippen molar-refractivity contribution in [2.45, 2.75) is 45.4 Å². The Morgan fingerprint density at radius 2 is 1.60 bits per heavy atom. The molecule has 0 N–H and O–H groups in total. The molecule has 0 spiro atoms. The highest BCUT2D eigenvalue weighted by Crippen LogP contribution is 2.39. The van der Waals surface area contributed by atoms with Gasteiger partial charge in [-0.1, -0.05) is 60.7 Å². The monoisotopic (exact) mass is 476 g/mol.